The van der Waals surface area contributed by atoms with Gasteiger partial charge in [-0.15, -0.1) is 0 Å². The summed E-state index contributed by atoms with van der Waals surface area (Å²) in [4.78, 5) is 8.93. The molecule has 3 aromatic carbocycles. The van der Waals surface area contributed by atoms with Crippen LogP contribution in [0.15, 0.2) is 84.4 Å². The highest BCUT2D eigenvalue weighted by molar-refractivity contribution is 5.93. The predicted octanol–water partition coefficient (Wildman–Crippen LogP) is 6.28. The van der Waals surface area contributed by atoms with Crippen LogP contribution >= 0.6 is 0 Å². The number of hydrogen-bond acceptors (Lipinski definition) is 10. The summed E-state index contributed by atoms with van der Waals surface area (Å²) in [5.41, 5.74) is 11.3. The third-order valence-corrected chi connectivity index (χ3v) is 6.40. The van der Waals surface area contributed by atoms with Crippen molar-refractivity contribution in [2.75, 3.05) is 46.0 Å². The molecule has 0 unspecified atom stereocenters. The van der Waals surface area contributed by atoms with Gasteiger partial charge in [0, 0.05) is 43.1 Å². The van der Waals surface area contributed by atoms with Crippen molar-refractivity contribution in [2.24, 2.45) is 5.11 Å². The Balaban J connectivity index is 1.60. The minimum absolute atomic E-state index is 0.345. The van der Waals surface area contributed by atoms with E-state index in [-0.39, 0.29) is 5.54 Å². The van der Waals surface area contributed by atoms with E-state index in [1.807, 2.05) is 54.6 Å². The highest BCUT2D eigenvalue weighted by Crippen LogP contribution is 2.35. The van der Waals surface area contributed by atoms with Crippen molar-refractivity contribution in [3.63, 3.8) is 0 Å². The quantitative estimate of drug-likeness (QED) is 0.116. The summed E-state index contributed by atoms with van der Waals surface area (Å²) in [5, 5.41) is 11.3. The lowest BCUT2D eigenvalue weighted by Gasteiger charge is -2.26. The topological polar surface area (TPSA) is 123 Å². The monoisotopic (exact) mass is 556 g/mol. The fraction of sp³-hybridized carbons (Fsp3) is 0.290. The molecule has 1 aromatic heterocycles. The minimum atomic E-state index is -0.345. The molecule has 4 rings (SSSR count). The van der Waals surface area contributed by atoms with Crippen LogP contribution in [0.4, 0.5) is 11.5 Å². The normalized spacial score (nSPS) is 11.8. The standard InChI is InChI=1S/C31H36N6O4/c1-31(2,23-10-6-5-7-11-23)35-20-27(37-32)22-9-8-12-24(17-22)36-30-25-18-28(40-15-13-38-3)29(41-16-14-39-4)19-26(25)33-21-34-30/h5-12,17-21,32,35H,13-16H2,1-4H3,(H,33,34,36)/b27-20-,37-32?. The van der Waals surface area contributed by atoms with Crippen LogP contribution in [0.1, 0.15) is 25.0 Å². The van der Waals surface area contributed by atoms with E-state index in [0.717, 1.165) is 22.2 Å². The van der Waals surface area contributed by atoms with Crippen LogP contribution in [0.25, 0.3) is 16.6 Å². The summed E-state index contributed by atoms with van der Waals surface area (Å²) in [6, 6.07) is 21.5. The number of aromatic nitrogens is 2. The van der Waals surface area contributed by atoms with E-state index >= 15 is 0 Å². The number of benzene rings is 3. The average molecular weight is 557 g/mol. The molecule has 0 amide bonds. The highest BCUT2D eigenvalue weighted by atomic mass is 16.5. The van der Waals surface area contributed by atoms with Gasteiger partial charge in [0.25, 0.3) is 0 Å². The maximum atomic E-state index is 7.82. The van der Waals surface area contributed by atoms with Crippen LogP contribution in [0.3, 0.4) is 0 Å². The first kappa shape index (κ1) is 29.4. The summed E-state index contributed by atoms with van der Waals surface area (Å²) in [6.45, 7) is 5.79. The van der Waals surface area contributed by atoms with E-state index in [4.69, 9.17) is 24.5 Å². The molecule has 0 aliphatic carbocycles. The van der Waals surface area contributed by atoms with E-state index in [1.54, 1.807) is 20.4 Å². The molecular weight excluding hydrogens is 520 g/mol. The lowest BCUT2D eigenvalue weighted by Crippen LogP contribution is -2.32. The van der Waals surface area contributed by atoms with E-state index in [0.29, 0.717) is 55.0 Å². The Morgan fingerprint density at radius 3 is 2.27 bits per heavy atom. The number of fused-ring (bicyclic) bond motifs is 1. The van der Waals surface area contributed by atoms with Crippen LogP contribution in [0.2, 0.25) is 0 Å². The molecule has 214 valence electrons. The molecule has 0 atom stereocenters. The van der Waals surface area contributed by atoms with Crippen LogP contribution in [0, 0.1) is 5.53 Å². The van der Waals surface area contributed by atoms with Crippen LogP contribution < -0.4 is 20.1 Å². The first-order chi connectivity index (χ1) is 19.9. The molecule has 1 heterocycles. The van der Waals surface area contributed by atoms with Gasteiger partial charge < -0.3 is 29.6 Å². The zero-order valence-electron chi connectivity index (χ0n) is 23.8. The lowest BCUT2D eigenvalue weighted by atomic mass is 9.94. The van der Waals surface area contributed by atoms with Crippen molar-refractivity contribution in [2.45, 2.75) is 19.4 Å². The summed E-state index contributed by atoms with van der Waals surface area (Å²) < 4.78 is 22.1. The highest BCUT2D eigenvalue weighted by Gasteiger charge is 2.18. The van der Waals surface area contributed by atoms with Gasteiger partial charge in [0.15, 0.2) is 11.5 Å². The largest absolute Gasteiger partial charge is 0.487 e. The molecule has 4 aromatic rings. The Morgan fingerprint density at radius 2 is 1.59 bits per heavy atom. The number of nitrogens with one attached hydrogen (secondary N) is 3. The molecule has 0 bridgehead atoms. The maximum absolute atomic E-state index is 7.82. The van der Waals surface area contributed by atoms with Crippen molar-refractivity contribution in [1.29, 1.82) is 5.53 Å². The second-order valence-corrected chi connectivity index (χ2v) is 9.70. The first-order valence-corrected chi connectivity index (χ1v) is 13.3. The second kappa shape index (κ2) is 14.2. The molecule has 3 N–H and O–H groups in total. The molecule has 0 aliphatic rings. The number of methoxy groups -OCH3 is 2. The van der Waals surface area contributed by atoms with Gasteiger partial charge >= 0.3 is 0 Å². The number of ether oxygens (including phenoxy) is 4. The number of anilines is 2. The molecule has 0 saturated heterocycles. The van der Waals surface area contributed by atoms with Crippen molar-refractivity contribution in [3.05, 3.63) is 90.4 Å². The molecule has 10 heteroatoms. The van der Waals surface area contributed by atoms with Gasteiger partial charge in [0.2, 0.25) is 0 Å². The Kier molecular flexibility index (Phi) is 10.2. The maximum Gasteiger partial charge on any atom is 0.163 e. The number of hydrogen-bond donors (Lipinski definition) is 3. The van der Waals surface area contributed by atoms with Gasteiger partial charge in [-0.1, -0.05) is 42.5 Å². The third-order valence-electron chi connectivity index (χ3n) is 6.40. The first-order valence-electron chi connectivity index (χ1n) is 13.3. The molecule has 0 radical (unpaired) electrons. The summed E-state index contributed by atoms with van der Waals surface area (Å²) in [7, 11) is 3.25. The van der Waals surface area contributed by atoms with E-state index < -0.39 is 0 Å². The zero-order valence-corrected chi connectivity index (χ0v) is 23.8. The molecule has 0 saturated carbocycles. The van der Waals surface area contributed by atoms with E-state index in [1.165, 1.54) is 6.33 Å². The predicted molar refractivity (Wildman–Crippen MR) is 160 cm³/mol. The molecule has 0 aliphatic heterocycles. The average Bonchev–Trinajstić information content (AvgIpc) is 2.99. The summed E-state index contributed by atoms with van der Waals surface area (Å²) in [5.74, 6) is 1.72. The van der Waals surface area contributed by atoms with E-state index in [9.17, 15) is 0 Å². The second-order valence-electron chi connectivity index (χ2n) is 9.70. The fourth-order valence-electron chi connectivity index (χ4n) is 4.12. The summed E-state index contributed by atoms with van der Waals surface area (Å²) in [6.07, 6.45) is 3.27. The smallest absolute Gasteiger partial charge is 0.163 e. The minimum Gasteiger partial charge on any atom is -0.487 e. The Hall–Kier alpha value is -4.54. The Labute approximate surface area is 240 Å². The van der Waals surface area contributed by atoms with Crippen LogP contribution in [0.5, 0.6) is 11.5 Å². The summed E-state index contributed by atoms with van der Waals surface area (Å²) >= 11 is 0. The van der Waals surface area contributed by atoms with E-state index in [2.05, 4.69) is 51.7 Å². The van der Waals surface area contributed by atoms with Crippen molar-refractivity contribution < 1.29 is 18.9 Å². The van der Waals surface area contributed by atoms with Crippen molar-refractivity contribution in [1.82, 2.24) is 15.3 Å². The Bertz CT molecular complexity index is 1480. The van der Waals surface area contributed by atoms with Gasteiger partial charge in [-0.25, -0.2) is 15.5 Å². The number of nitrogens with zero attached hydrogens (tertiary/aromatic N) is 3. The molecule has 10 nitrogen and oxygen atoms in total. The SMILES string of the molecule is COCCOc1cc2ncnc(Nc3cccc(/C(=C/NC(C)(C)c4ccccc4)N=N)c3)c2cc1OCCOC. The van der Waals surface area contributed by atoms with Crippen LogP contribution in [-0.4, -0.2) is 50.6 Å². The zero-order chi connectivity index (χ0) is 29.1. The molecule has 0 spiro atoms. The van der Waals surface area contributed by atoms with Gasteiger partial charge in [-0.2, -0.15) is 5.11 Å². The van der Waals surface area contributed by atoms with Gasteiger partial charge in [0.1, 0.15) is 31.1 Å². The van der Waals surface area contributed by atoms with Crippen molar-refractivity contribution in [3.8, 4) is 11.5 Å². The third kappa shape index (κ3) is 7.77. The van der Waals surface area contributed by atoms with Crippen LogP contribution in [-0.2, 0) is 15.0 Å². The van der Waals surface area contributed by atoms with Gasteiger partial charge in [0.05, 0.1) is 24.3 Å². The Morgan fingerprint density at radius 1 is 0.878 bits per heavy atom. The molecule has 41 heavy (non-hydrogen) atoms. The molecular formula is C31H36N6O4. The van der Waals surface area contributed by atoms with Gasteiger partial charge in [-0.3, -0.25) is 0 Å². The fourth-order valence-corrected chi connectivity index (χ4v) is 4.12. The molecule has 0 fully saturated rings. The number of rotatable bonds is 15. The van der Waals surface area contributed by atoms with Gasteiger partial charge in [-0.05, 0) is 37.6 Å². The lowest BCUT2D eigenvalue weighted by molar-refractivity contribution is 0.132. The van der Waals surface area contributed by atoms with Crippen molar-refractivity contribution >= 4 is 28.1 Å².